The van der Waals surface area contributed by atoms with Gasteiger partial charge in [-0.25, -0.2) is 12.8 Å². The fourth-order valence-electron chi connectivity index (χ4n) is 3.04. The minimum absolute atomic E-state index is 0.0190. The molecule has 1 saturated heterocycles. The maximum Gasteiger partial charge on any atom is 0.181 e. The van der Waals surface area contributed by atoms with Crippen molar-refractivity contribution in [1.29, 1.82) is 0 Å². The lowest BCUT2D eigenvalue weighted by Gasteiger charge is -2.46. The normalized spacial score (nSPS) is 25.4. The molecule has 0 aromatic heterocycles. The van der Waals surface area contributed by atoms with Crippen LogP contribution in [0, 0.1) is 5.82 Å². The molecule has 1 aliphatic carbocycles. The van der Waals surface area contributed by atoms with Crippen LogP contribution in [0.4, 0.5) is 10.1 Å². The number of ether oxygens (including phenoxy) is 1. The van der Waals surface area contributed by atoms with Crippen molar-refractivity contribution in [3.05, 3.63) is 24.0 Å². The zero-order chi connectivity index (χ0) is 14.4. The molecule has 2 N–H and O–H groups in total. The number of rotatable bonds is 2. The van der Waals surface area contributed by atoms with E-state index in [2.05, 4.69) is 0 Å². The minimum Gasteiger partial charge on any atom is -0.396 e. The van der Waals surface area contributed by atoms with Crippen molar-refractivity contribution >= 4 is 15.5 Å². The molecule has 1 unspecified atom stereocenters. The molecule has 0 bridgehead atoms. The maximum atomic E-state index is 13.5. The van der Waals surface area contributed by atoms with Gasteiger partial charge in [0.15, 0.2) is 9.84 Å². The standard InChI is InChI=1S/C14H18FNO3S/c15-12-8-10(2-3-13(12)16)20(17,18)11-4-7-19-14(9-11)5-1-6-14/h2-3,8,11H,1,4-7,9,16H2. The Kier molecular flexibility index (Phi) is 3.25. The van der Waals surface area contributed by atoms with E-state index in [0.717, 1.165) is 25.3 Å². The Balaban J connectivity index is 1.89. The molecule has 1 aromatic rings. The first kappa shape index (κ1) is 13.8. The van der Waals surface area contributed by atoms with Crippen LogP contribution in [-0.2, 0) is 14.6 Å². The van der Waals surface area contributed by atoms with Gasteiger partial charge in [0.05, 0.1) is 21.4 Å². The van der Waals surface area contributed by atoms with Gasteiger partial charge >= 0.3 is 0 Å². The smallest absolute Gasteiger partial charge is 0.181 e. The number of benzene rings is 1. The fourth-order valence-corrected chi connectivity index (χ4v) is 4.88. The van der Waals surface area contributed by atoms with Crippen LogP contribution < -0.4 is 5.73 Å². The third-order valence-electron chi connectivity index (χ3n) is 4.45. The molecule has 1 saturated carbocycles. The van der Waals surface area contributed by atoms with E-state index in [1.807, 2.05) is 0 Å². The summed E-state index contributed by atoms with van der Waals surface area (Å²) in [4.78, 5) is 0.0190. The molecule has 1 aromatic carbocycles. The second-order valence-corrected chi connectivity index (χ2v) is 7.96. The number of anilines is 1. The molecule has 1 spiro atoms. The lowest BCUT2D eigenvalue weighted by molar-refractivity contribution is -0.125. The number of nitrogen functional groups attached to an aromatic ring is 1. The number of halogens is 1. The molecule has 0 amide bonds. The van der Waals surface area contributed by atoms with Gasteiger partial charge in [-0.2, -0.15) is 0 Å². The average molecular weight is 299 g/mol. The van der Waals surface area contributed by atoms with Crippen LogP contribution in [0.15, 0.2) is 23.1 Å². The van der Waals surface area contributed by atoms with E-state index in [4.69, 9.17) is 10.5 Å². The molecule has 1 atom stereocenters. The molecule has 1 heterocycles. The highest BCUT2D eigenvalue weighted by Gasteiger charge is 2.46. The Hall–Kier alpha value is -1.14. The second-order valence-electron chi connectivity index (χ2n) is 5.73. The van der Waals surface area contributed by atoms with Gasteiger partial charge in [-0.05, 0) is 50.3 Å². The zero-order valence-corrected chi connectivity index (χ0v) is 12.0. The number of nitrogens with two attached hydrogens (primary N) is 1. The molecule has 4 nitrogen and oxygen atoms in total. The Bertz CT molecular complexity index is 625. The molecule has 2 fully saturated rings. The third-order valence-corrected chi connectivity index (χ3v) is 6.64. The van der Waals surface area contributed by atoms with Crippen molar-refractivity contribution in [1.82, 2.24) is 0 Å². The number of hydrogen-bond acceptors (Lipinski definition) is 4. The molecule has 1 aliphatic heterocycles. The lowest BCUT2D eigenvalue weighted by Crippen LogP contribution is -2.49. The van der Waals surface area contributed by atoms with E-state index in [1.165, 1.54) is 12.1 Å². The summed E-state index contributed by atoms with van der Waals surface area (Å²) < 4.78 is 44.5. The Morgan fingerprint density at radius 1 is 1.35 bits per heavy atom. The average Bonchev–Trinajstić information content (AvgIpc) is 2.40. The first-order valence-electron chi connectivity index (χ1n) is 6.86. The van der Waals surface area contributed by atoms with Gasteiger partial charge in [-0.15, -0.1) is 0 Å². The van der Waals surface area contributed by atoms with Crippen LogP contribution in [0.25, 0.3) is 0 Å². The quantitative estimate of drug-likeness (QED) is 0.851. The molecule has 20 heavy (non-hydrogen) atoms. The largest absolute Gasteiger partial charge is 0.396 e. The van der Waals surface area contributed by atoms with Crippen molar-refractivity contribution in [2.24, 2.45) is 0 Å². The molecule has 110 valence electrons. The highest BCUT2D eigenvalue weighted by molar-refractivity contribution is 7.92. The van der Waals surface area contributed by atoms with E-state index < -0.39 is 20.9 Å². The van der Waals surface area contributed by atoms with Crippen molar-refractivity contribution in [2.75, 3.05) is 12.3 Å². The Labute approximate surface area is 118 Å². The van der Waals surface area contributed by atoms with Crippen LogP contribution in [0.2, 0.25) is 0 Å². The summed E-state index contributed by atoms with van der Waals surface area (Å²) in [5, 5.41) is -0.487. The van der Waals surface area contributed by atoms with E-state index in [0.29, 0.717) is 19.4 Å². The monoisotopic (exact) mass is 299 g/mol. The van der Waals surface area contributed by atoms with Gasteiger partial charge in [0.2, 0.25) is 0 Å². The van der Waals surface area contributed by atoms with Crippen LogP contribution >= 0.6 is 0 Å². The van der Waals surface area contributed by atoms with Gasteiger partial charge in [0, 0.05) is 6.61 Å². The summed E-state index contributed by atoms with van der Waals surface area (Å²) in [6.07, 6.45) is 3.92. The molecule has 6 heteroatoms. The molecule has 2 aliphatic rings. The van der Waals surface area contributed by atoms with E-state index in [-0.39, 0.29) is 16.2 Å². The van der Waals surface area contributed by atoms with Gasteiger partial charge < -0.3 is 10.5 Å². The summed E-state index contributed by atoms with van der Waals surface area (Å²) in [7, 11) is -3.52. The van der Waals surface area contributed by atoms with Crippen molar-refractivity contribution in [3.63, 3.8) is 0 Å². The van der Waals surface area contributed by atoms with Crippen LogP contribution in [-0.4, -0.2) is 25.9 Å². The van der Waals surface area contributed by atoms with Crippen molar-refractivity contribution in [3.8, 4) is 0 Å². The highest BCUT2D eigenvalue weighted by Crippen LogP contribution is 2.44. The van der Waals surface area contributed by atoms with Gasteiger partial charge in [-0.1, -0.05) is 0 Å². The molecular weight excluding hydrogens is 281 g/mol. The van der Waals surface area contributed by atoms with Gasteiger partial charge in [0.25, 0.3) is 0 Å². The first-order chi connectivity index (χ1) is 9.43. The minimum atomic E-state index is -3.52. The predicted molar refractivity (Wildman–Crippen MR) is 73.6 cm³/mol. The third kappa shape index (κ3) is 2.20. The SMILES string of the molecule is Nc1ccc(S(=O)(=O)C2CCOC3(CCC3)C2)cc1F. The fraction of sp³-hybridized carbons (Fsp3) is 0.571. The Morgan fingerprint density at radius 3 is 2.70 bits per heavy atom. The zero-order valence-electron chi connectivity index (χ0n) is 11.1. The lowest BCUT2D eigenvalue weighted by atomic mass is 9.75. The first-order valence-corrected chi connectivity index (χ1v) is 8.41. The summed E-state index contributed by atoms with van der Waals surface area (Å²) in [5.74, 6) is -0.684. The number of sulfone groups is 1. The van der Waals surface area contributed by atoms with Gasteiger partial charge in [-0.3, -0.25) is 0 Å². The number of hydrogen-bond donors (Lipinski definition) is 1. The predicted octanol–water partition coefficient (Wildman–Crippen LogP) is 2.28. The highest BCUT2D eigenvalue weighted by atomic mass is 32.2. The summed E-state index contributed by atoms with van der Waals surface area (Å²) >= 11 is 0. The van der Waals surface area contributed by atoms with Crippen LogP contribution in [0.1, 0.15) is 32.1 Å². The topological polar surface area (TPSA) is 69.4 Å². The second kappa shape index (κ2) is 4.70. The Morgan fingerprint density at radius 2 is 2.10 bits per heavy atom. The summed E-state index contributed by atoms with van der Waals surface area (Å²) in [6, 6.07) is 3.71. The maximum absolute atomic E-state index is 13.5. The van der Waals surface area contributed by atoms with Gasteiger partial charge in [0.1, 0.15) is 5.82 Å². The summed E-state index contributed by atoms with van der Waals surface area (Å²) in [6.45, 7) is 0.460. The van der Waals surface area contributed by atoms with E-state index in [9.17, 15) is 12.8 Å². The van der Waals surface area contributed by atoms with Crippen LogP contribution in [0.5, 0.6) is 0 Å². The molecular formula is C14H18FNO3S. The van der Waals surface area contributed by atoms with E-state index in [1.54, 1.807) is 0 Å². The van der Waals surface area contributed by atoms with Crippen molar-refractivity contribution in [2.45, 2.75) is 47.9 Å². The molecule has 0 radical (unpaired) electrons. The van der Waals surface area contributed by atoms with Crippen molar-refractivity contribution < 1.29 is 17.5 Å². The molecule has 3 rings (SSSR count). The van der Waals surface area contributed by atoms with Crippen LogP contribution in [0.3, 0.4) is 0 Å². The summed E-state index contributed by atoms with van der Waals surface area (Å²) in [5.41, 5.74) is 5.11. The van der Waals surface area contributed by atoms with E-state index >= 15 is 0 Å².